The molecule has 0 spiro atoms. The highest BCUT2D eigenvalue weighted by molar-refractivity contribution is 7.91. The molecule has 0 saturated carbocycles. The van der Waals surface area contributed by atoms with Crippen LogP contribution in [0.3, 0.4) is 0 Å². The first-order chi connectivity index (χ1) is 14.8. The maximum Gasteiger partial charge on any atom is 0.256 e. The molecule has 162 valence electrons. The molecule has 31 heavy (non-hydrogen) atoms. The molecule has 0 heterocycles. The lowest BCUT2D eigenvalue weighted by molar-refractivity contribution is 0.102. The Kier molecular flexibility index (Phi) is 7.61. The number of aryl methyl sites for hydroxylation is 1. The standard InChI is InChI=1S/C22H20ClNO5S2/c23-17-11-13-18(14-12-17)31(28,29)15-5-7-16-6-1-3-9-20(16)24-22(25)19-8-2-4-10-21(19)30(26)27/h1-4,6,8-14H,5,7,15H2,(H,24,25)(H,26,27). The predicted octanol–water partition coefficient (Wildman–Crippen LogP) is 4.58. The molecule has 3 aromatic rings. The normalized spacial score (nSPS) is 12.3. The van der Waals surface area contributed by atoms with E-state index in [0.717, 1.165) is 5.56 Å². The van der Waals surface area contributed by atoms with Crippen LogP contribution in [0.5, 0.6) is 0 Å². The molecule has 1 unspecified atom stereocenters. The second-order valence-electron chi connectivity index (χ2n) is 6.73. The summed E-state index contributed by atoms with van der Waals surface area (Å²) in [5.74, 6) is -0.567. The first-order valence-corrected chi connectivity index (χ1v) is 12.5. The Morgan fingerprint density at radius 3 is 2.32 bits per heavy atom. The lowest BCUT2D eigenvalue weighted by Gasteiger charge is -2.12. The molecule has 9 heteroatoms. The fourth-order valence-corrected chi connectivity index (χ4v) is 5.05. The third kappa shape index (κ3) is 6.01. The maximum absolute atomic E-state index is 12.7. The number of para-hydroxylation sites is 1. The van der Waals surface area contributed by atoms with E-state index in [4.69, 9.17) is 11.6 Å². The van der Waals surface area contributed by atoms with Crippen molar-refractivity contribution in [1.82, 2.24) is 0 Å². The van der Waals surface area contributed by atoms with Crippen LogP contribution in [-0.4, -0.2) is 28.8 Å². The van der Waals surface area contributed by atoms with Crippen molar-refractivity contribution in [1.29, 1.82) is 0 Å². The molecule has 0 bridgehead atoms. The van der Waals surface area contributed by atoms with Gasteiger partial charge in [-0.05, 0) is 60.9 Å². The summed E-state index contributed by atoms with van der Waals surface area (Å²) in [6.07, 6.45) is 0.784. The number of carbonyl (C=O) groups excluding carboxylic acids is 1. The van der Waals surface area contributed by atoms with E-state index in [1.54, 1.807) is 36.4 Å². The number of amides is 1. The number of benzene rings is 3. The SMILES string of the molecule is O=C(Nc1ccccc1CCCS(=O)(=O)c1ccc(Cl)cc1)c1ccccc1S(=O)O. The highest BCUT2D eigenvalue weighted by Crippen LogP contribution is 2.22. The van der Waals surface area contributed by atoms with Crippen LogP contribution >= 0.6 is 11.6 Å². The Labute approximate surface area is 188 Å². The maximum atomic E-state index is 12.7. The van der Waals surface area contributed by atoms with E-state index in [9.17, 15) is 22.0 Å². The Morgan fingerprint density at radius 2 is 1.61 bits per heavy atom. The fraction of sp³-hybridized carbons (Fsp3) is 0.136. The molecule has 0 aliphatic carbocycles. The molecule has 6 nitrogen and oxygen atoms in total. The number of nitrogens with one attached hydrogen (secondary N) is 1. The van der Waals surface area contributed by atoms with Crippen LogP contribution in [0.15, 0.2) is 82.6 Å². The predicted molar refractivity (Wildman–Crippen MR) is 122 cm³/mol. The van der Waals surface area contributed by atoms with Crippen molar-refractivity contribution >= 4 is 44.1 Å². The van der Waals surface area contributed by atoms with Gasteiger partial charge in [-0.15, -0.1) is 0 Å². The highest BCUT2D eigenvalue weighted by atomic mass is 35.5. The molecule has 2 N–H and O–H groups in total. The quantitative estimate of drug-likeness (QED) is 0.462. The number of carbonyl (C=O) groups is 1. The van der Waals surface area contributed by atoms with Crippen molar-refractivity contribution in [3.8, 4) is 0 Å². The Balaban J connectivity index is 1.70. The van der Waals surface area contributed by atoms with Gasteiger partial charge in [0, 0.05) is 10.7 Å². The van der Waals surface area contributed by atoms with Gasteiger partial charge in [0.15, 0.2) is 20.9 Å². The minimum atomic E-state index is -3.45. The summed E-state index contributed by atoms with van der Waals surface area (Å²) in [4.78, 5) is 12.9. The van der Waals surface area contributed by atoms with E-state index in [1.807, 2.05) is 0 Å². The second-order valence-corrected chi connectivity index (χ2v) is 10.2. The smallest absolute Gasteiger partial charge is 0.256 e. The van der Waals surface area contributed by atoms with Crippen LogP contribution < -0.4 is 5.32 Å². The molecule has 0 aliphatic rings. The van der Waals surface area contributed by atoms with Crippen LogP contribution in [0.1, 0.15) is 22.3 Å². The number of rotatable bonds is 8. The summed E-state index contributed by atoms with van der Waals surface area (Å²) in [6, 6.07) is 19.2. The first kappa shape index (κ1) is 23.1. The van der Waals surface area contributed by atoms with Gasteiger partial charge in [-0.25, -0.2) is 12.6 Å². The van der Waals surface area contributed by atoms with Gasteiger partial charge in [-0.3, -0.25) is 4.79 Å². The van der Waals surface area contributed by atoms with Crippen molar-refractivity contribution in [3.05, 3.63) is 88.9 Å². The van der Waals surface area contributed by atoms with E-state index < -0.39 is 26.8 Å². The van der Waals surface area contributed by atoms with E-state index in [1.165, 1.54) is 36.4 Å². The van der Waals surface area contributed by atoms with Gasteiger partial charge in [0.2, 0.25) is 0 Å². The topological polar surface area (TPSA) is 101 Å². The van der Waals surface area contributed by atoms with Gasteiger partial charge >= 0.3 is 0 Å². The van der Waals surface area contributed by atoms with Crippen LogP contribution in [0, 0.1) is 0 Å². The first-order valence-electron chi connectivity index (χ1n) is 9.35. The van der Waals surface area contributed by atoms with Crippen LogP contribution in [-0.2, 0) is 27.3 Å². The lowest BCUT2D eigenvalue weighted by atomic mass is 10.1. The Hall–Kier alpha value is -2.52. The average molecular weight is 478 g/mol. The number of sulfone groups is 1. The van der Waals surface area contributed by atoms with E-state index in [2.05, 4.69) is 5.32 Å². The number of hydrogen-bond donors (Lipinski definition) is 2. The van der Waals surface area contributed by atoms with Gasteiger partial charge in [-0.2, -0.15) is 0 Å². The number of hydrogen-bond acceptors (Lipinski definition) is 4. The molecule has 0 radical (unpaired) electrons. The molecule has 1 amide bonds. The molecule has 0 fully saturated rings. The van der Waals surface area contributed by atoms with E-state index >= 15 is 0 Å². The monoisotopic (exact) mass is 477 g/mol. The minimum Gasteiger partial charge on any atom is -0.322 e. The van der Waals surface area contributed by atoms with E-state index in [0.29, 0.717) is 23.6 Å². The molecule has 1 atom stereocenters. The summed E-state index contributed by atoms with van der Waals surface area (Å²) in [6.45, 7) is 0. The summed E-state index contributed by atoms with van der Waals surface area (Å²) < 4.78 is 45.9. The molecule has 0 aromatic heterocycles. The number of halogens is 1. The van der Waals surface area contributed by atoms with Crippen molar-refractivity contribution in [2.75, 3.05) is 11.1 Å². The van der Waals surface area contributed by atoms with Gasteiger partial charge < -0.3 is 9.87 Å². The van der Waals surface area contributed by atoms with Gasteiger partial charge in [0.1, 0.15) is 0 Å². The largest absolute Gasteiger partial charge is 0.322 e. The van der Waals surface area contributed by atoms with Crippen molar-refractivity contribution in [2.24, 2.45) is 0 Å². The van der Waals surface area contributed by atoms with Gasteiger partial charge in [-0.1, -0.05) is 41.9 Å². The second kappa shape index (κ2) is 10.2. The molecular weight excluding hydrogens is 458 g/mol. The molecular formula is C22H20ClNO5S2. The van der Waals surface area contributed by atoms with Crippen LogP contribution in [0.2, 0.25) is 5.02 Å². The van der Waals surface area contributed by atoms with E-state index in [-0.39, 0.29) is 21.1 Å². The third-order valence-corrected chi connectivity index (χ3v) is 7.42. The summed E-state index contributed by atoms with van der Waals surface area (Å²) in [7, 11) is -3.45. The molecule has 0 saturated heterocycles. The Bertz CT molecular complexity index is 1210. The third-order valence-electron chi connectivity index (χ3n) is 4.62. The van der Waals surface area contributed by atoms with Crippen molar-refractivity contribution in [3.63, 3.8) is 0 Å². The minimum absolute atomic E-state index is 0.0199. The zero-order valence-corrected chi connectivity index (χ0v) is 18.7. The summed E-state index contributed by atoms with van der Waals surface area (Å²) in [5.41, 5.74) is 1.39. The molecule has 3 rings (SSSR count). The van der Waals surface area contributed by atoms with Gasteiger partial charge in [0.25, 0.3) is 5.91 Å². The zero-order valence-electron chi connectivity index (χ0n) is 16.3. The average Bonchev–Trinajstić information content (AvgIpc) is 2.75. The lowest BCUT2D eigenvalue weighted by Crippen LogP contribution is -2.16. The molecule has 0 aliphatic heterocycles. The van der Waals surface area contributed by atoms with Crippen molar-refractivity contribution < 1.29 is 22.0 Å². The van der Waals surface area contributed by atoms with Crippen LogP contribution in [0.25, 0.3) is 0 Å². The fourth-order valence-electron chi connectivity index (χ4n) is 3.07. The van der Waals surface area contributed by atoms with Gasteiger partial charge in [0.05, 0.1) is 21.1 Å². The van der Waals surface area contributed by atoms with Crippen LogP contribution in [0.4, 0.5) is 5.69 Å². The molecule has 3 aromatic carbocycles. The highest BCUT2D eigenvalue weighted by Gasteiger charge is 2.17. The van der Waals surface area contributed by atoms with Crippen molar-refractivity contribution in [2.45, 2.75) is 22.6 Å². The number of anilines is 1. The summed E-state index contributed by atoms with van der Waals surface area (Å²) >= 11 is 3.52. The zero-order chi connectivity index (χ0) is 22.4. The Morgan fingerprint density at radius 1 is 0.968 bits per heavy atom. The summed E-state index contributed by atoms with van der Waals surface area (Å²) in [5, 5.41) is 3.23.